The summed E-state index contributed by atoms with van der Waals surface area (Å²) >= 11 is 0. The van der Waals surface area contributed by atoms with Crippen LogP contribution in [0.15, 0.2) is 0 Å². The predicted molar refractivity (Wildman–Crippen MR) is 65.0 cm³/mol. The van der Waals surface area contributed by atoms with Crippen LogP contribution in [0.3, 0.4) is 0 Å². The summed E-state index contributed by atoms with van der Waals surface area (Å²) in [5.74, 6) is 1.87. The van der Waals surface area contributed by atoms with E-state index in [1.165, 1.54) is 38.6 Å². The fourth-order valence-electron chi connectivity index (χ4n) is 2.97. The minimum absolute atomic E-state index is 0.776. The Morgan fingerprint density at radius 2 is 1.93 bits per heavy atom. The van der Waals surface area contributed by atoms with Gasteiger partial charge < -0.3 is 10.2 Å². The first-order valence-corrected chi connectivity index (χ1v) is 6.58. The molecule has 15 heavy (non-hydrogen) atoms. The third kappa shape index (κ3) is 2.94. The number of rotatable bonds is 5. The quantitative estimate of drug-likeness (QED) is 0.747. The molecule has 0 spiro atoms. The first kappa shape index (κ1) is 11.4. The molecule has 0 amide bonds. The van der Waals surface area contributed by atoms with Gasteiger partial charge in [0.15, 0.2) is 0 Å². The molecule has 0 radical (unpaired) electrons. The van der Waals surface area contributed by atoms with E-state index in [1.807, 2.05) is 0 Å². The highest BCUT2D eigenvalue weighted by Gasteiger charge is 2.33. The van der Waals surface area contributed by atoms with Crippen LogP contribution in [0.1, 0.15) is 39.0 Å². The maximum Gasteiger partial charge on any atom is 0.0242 e. The van der Waals surface area contributed by atoms with Crippen molar-refractivity contribution < 1.29 is 0 Å². The maximum atomic E-state index is 3.79. The van der Waals surface area contributed by atoms with Crippen molar-refractivity contribution in [1.29, 1.82) is 0 Å². The number of likely N-dealkylation sites (N-methyl/N-ethyl adjacent to an activating group) is 1. The molecular formula is C13H26N2. The van der Waals surface area contributed by atoms with E-state index in [-0.39, 0.29) is 0 Å². The third-order valence-corrected chi connectivity index (χ3v) is 4.28. The van der Waals surface area contributed by atoms with Crippen molar-refractivity contribution >= 4 is 0 Å². The summed E-state index contributed by atoms with van der Waals surface area (Å²) < 4.78 is 0. The lowest BCUT2D eigenvalue weighted by Gasteiger charge is -2.27. The van der Waals surface area contributed by atoms with Crippen LogP contribution in [0.2, 0.25) is 0 Å². The van der Waals surface area contributed by atoms with Gasteiger partial charge in [-0.3, -0.25) is 0 Å². The lowest BCUT2D eigenvalue weighted by molar-refractivity contribution is 0.242. The van der Waals surface area contributed by atoms with Gasteiger partial charge in [-0.2, -0.15) is 0 Å². The number of hydrogen-bond donors (Lipinski definition) is 1. The summed E-state index contributed by atoms with van der Waals surface area (Å²) in [5, 5.41) is 3.79. The van der Waals surface area contributed by atoms with E-state index in [9.17, 15) is 0 Å². The van der Waals surface area contributed by atoms with Gasteiger partial charge in [-0.05, 0) is 51.6 Å². The molecule has 0 aromatic rings. The van der Waals surface area contributed by atoms with Crippen LogP contribution in [0.5, 0.6) is 0 Å². The summed E-state index contributed by atoms with van der Waals surface area (Å²) in [6.07, 6.45) is 7.14. The zero-order chi connectivity index (χ0) is 10.8. The fourth-order valence-corrected chi connectivity index (χ4v) is 2.97. The Balaban J connectivity index is 1.75. The highest BCUT2D eigenvalue weighted by atomic mass is 15.1. The minimum atomic E-state index is 0.776. The molecule has 0 saturated heterocycles. The smallest absolute Gasteiger partial charge is 0.0242 e. The van der Waals surface area contributed by atoms with Gasteiger partial charge in [0.2, 0.25) is 0 Å². The molecule has 2 rings (SSSR count). The van der Waals surface area contributed by atoms with E-state index in [1.54, 1.807) is 0 Å². The fraction of sp³-hybridized carbons (Fsp3) is 1.00. The number of nitrogens with zero attached hydrogens (tertiary/aromatic N) is 1. The molecule has 2 aliphatic carbocycles. The van der Waals surface area contributed by atoms with Gasteiger partial charge in [-0.1, -0.05) is 13.3 Å². The largest absolute Gasteiger partial charge is 0.312 e. The van der Waals surface area contributed by atoms with Gasteiger partial charge >= 0.3 is 0 Å². The summed E-state index contributed by atoms with van der Waals surface area (Å²) in [6, 6.07) is 1.57. The molecular weight excluding hydrogens is 184 g/mol. The molecule has 1 N–H and O–H groups in total. The van der Waals surface area contributed by atoms with E-state index in [0.29, 0.717) is 0 Å². The van der Waals surface area contributed by atoms with E-state index in [0.717, 1.165) is 23.9 Å². The highest BCUT2D eigenvalue weighted by molar-refractivity contribution is 4.90. The van der Waals surface area contributed by atoms with Crippen molar-refractivity contribution in [2.45, 2.75) is 51.1 Å². The highest BCUT2D eigenvalue weighted by Crippen LogP contribution is 2.34. The van der Waals surface area contributed by atoms with Gasteiger partial charge in [0.1, 0.15) is 0 Å². The van der Waals surface area contributed by atoms with Crippen molar-refractivity contribution in [3.63, 3.8) is 0 Å². The van der Waals surface area contributed by atoms with Crippen LogP contribution in [0.4, 0.5) is 0 Å². The predicted octanol–water partition coefficient (Wildman–Crippen LogP) is 2.10. The van der Waals surface area contributed by atoms with Crippen molar-refractivity contribution in [3.8, 4) is 0 Å². The molecule has 2 heteroatoms. The van der Waals surface area contributed by atoms with Gasteiger partial charge in [-0.25, -0.2) is 0 Å². The van der Waals surface area contributed by atoms with Crippen molar-refractivity contribution in [3.05, 3.63) is 0 Å². The van der Waals surface area contributed by atoms with Gasteiger partial charge in [-0.15, -0.1) is 0 Å². The first-order chi connectivity index (χ1) is 7.18. The molecule has 3 unspecified atom stereocenters. The topological polar surface area (TPSA) is 15.3 Å². The molecule has 2 saturated carbocycles. The standard InChI is InChI=1S/C13H26N2/c1-10-5-4-6-12(10)14-9-13(15(2)3)11-7-8-11/h10-14H,4-9H2,1-3H3. The number of hydrogen-bond acceptors (Lipinski definition) is 2. The molecule has 2 fully saturated rings. The van der Waals surface area contributed by atoms with E-state index in [4.69, 9.17) is 0 Å². The Labute approximate surface area is 94.4 Å². The van der Waals surface area contributed by atoms with Crippen LogP contribution in [0, 0.1) is 11.8 Å². The van der Waals surface area contributed by atoms with E-state index in [2.05, 4.69) is 31.2 Å². The summed E-state index contributed by atoms with van der Waals surface area (Å²) in [6.45, 7) is 3.60. The van der Waals surface area contributed by atoms with E-state index >= 15 is 0 Å². The molecule has 0 aromatic heterocycles. The minimum Gasteiger partial charge on any atom is -0.312 e. The molecule has 2 aliphatic rings. The zero-order valence-corrected chi connectivity index (χ0v) is 10.5. The molecule has 3 atom stereocenters. The molecule has 0 bridgehead atoms. The Morgan fingerprint density at radius 3 is 2.40 bits per heavy atom. The second-order valence-electron chi connectivity index (χ2n) is 5.79. The van der Waals surface area contributed by atoms with Gasteiger partial charge in [0.25, 0.3) is 0 Å². The molecule has 0 aliphatic heterocycles. The normalized spacial score (nSPS) is 33.6. The SMILES string of the molecule is CC1CCCC1NCC(C1CC1)N(C)C. The average Bonchev–Trinajstić information content (AvgIpc) is 2.92. The first-order valence-electron chi connectivity index (χ1n) is 6.58. The Bertz CT molecular complexity index is 197. The summed E-state index contributed by atoms with van der Waals surface area (Å²) in [7, 11) is 4.45. The molecule has 0 aromatic carbocycles. The summed E-state index contributed by atoms with van der Waals surface area (Å²) in [4.78, 5) is 2.41. The van der Waals surface area contributed by atoms with Crippen molar-refractivity contribution in [1.82, 2.24) is 10.2 Å². The monoisotopic (exact) mass is 210 g/mol. The molecule has 88 valence electrons. The van der Waals surface area contributed by atoms with Crippen LogP contribution >= 0.6 is 0 Å². The van der Waals surface area contributed by atoms with Crippen LogP contribution < -0.4 is 5.32 Å². The maximum absolute atomic E-state index is 3.79. The molecule has 2 nitrogen and oxygen atoms in total. The third-order valence-electron chi connectivity index (χ3n) is 4.28. The van der Waals surface area contributed by atoms with Crippen molar-refractivity contribution in [2.24, 2.45) is 11.8 Å². The summed E-state index contributed by atoms with van der Waals surface area (Å²) in [5.41, 5.74) is 0. The Morgan fingerprint density at radius 1 is 1.20 bits per heavy atom. The lowest BCUT2D eigenvalue weighted by Crippen LogP contribution is -2.44. The second-order valence-corrected chi connectivity index (χ2v) is 5.79. The average molecular weight is 210 g/mol. The van der Waals surface area contributed by atoms with Gasteiger partial charge in [0, 0.05) is 18.6 Å². The lowest BCUT2D eigenvalue weighted by atomic mass is 10.1. The van der Waals surface area contributed by atoms with Crippen LogP contribution in [-0.4, -0.2) is 37.6 Å². The molecule has 0 heterocycles. The van der Waals surface area contributed by atoms with Crippen LogP contribution in [-0.2, 0) is 0 Å². The van der Waals surface area contributed by atoms with Crippen molar-refractivity contribution in [2.75, 3.05) is 20.6 Å². The van der Waals surface area contributed by atoms with E-state index < -0.39 is 0 Å². The van der Waals surface area contributed by atoms with Crippen LogP contribution in [0.25, 0.3) is 0 Å². The number of nitrogens with one attached hydrogen (secondary N) is 1. The Hall–Kier alpha value is -0.0800. The zero-order valence-electron chi connectivity index (χ0n) is 10.5. The second kappa shape index (κ2) is 4.84. The Kier molecular flexibility index (Phi) is 3.68. The van der Waals surface area contributed by atoms with Gasteiger partial charge in [0.05, 0.1) is 0 Å².